The molecule has 5 nitrogen and oxygen atoms in total. The summed E-state index contributed by atoms with van der Waals surface area (Å²) in [6.45, 7) is 1.87. The second-order valence-corrected chi connectivity index (χ2v) is 5.06. The normalized spacial score (nSPS) is 14.4. The van der Waals surface area contributed by atoms with Crippen molar-refractivity contribution in [2.75, 3.05) is 6.54 Å². The number of aromatic amines is 1. The predicted octanol–water partition coefficient (Wildman–Crippen LogP) is 1.59. The van der Waals surface area contributed by atoms with Crippen molar-refractivity contribution in [1.82, 2.24) is 25.3 Å². The van der Waals surface area contributed by atoms with Gasteiger partial charge in [0.15, 0.2) is 0 Å². The zero-order valence-corrected chi connectivity index (χ0v) is 11.1. The topological polar surface area (TPSA) is 66.5 Å². The summed E-state index contributed by atoms with van der Waals surface area (Å²) in [4.78, 5) is 17.0. The Balaban J connectivity index is 1.65. The third kappa shape index (κ3) is 2.06. The highest BCUT2D eigenvalue weighted by Gasteiger charge is 2.12. The number of nitrogens with zero attached hydrogens (tertiary/aromatic N) is 3. The molecule has 0 aliphatic carbocycles. The van der Waals surface area contributed by atoms with Gasteiger partial charge in [-0.15, -0.1) is 0 Å². The number of fused-ring (bicyclic) bond motifs is 2. The fourth-order valence-corrected chi connectivity index (χ4v) is 2.60. The van der Waals surface area contributed by atoms with Crippen molar-refractivity contribution in [2.24, 2.45) is 0 Å². The maximum absolute atomic E-state index is 4.67. The Morgan fingerprint density at radius 1 is 1.15 bits per heavy atom. The van der Waals surface area contributed by atoms with Gasteiger partial charge in [0.1, 0.15) is 11.6 Å². The maximum Gasteiger partial charge on any atom is 0.136 e. The Labute approximate surface area is 116 Å². The Bertz CT molecular complexity index is 729. The zero-order chi connectivity index (χ0) is 13.4. The molecule has 3 heterocycles. The van der Waals surface area contributed by atoms with Gasteiger partial charge < -0.3 is 10.3 Å². The molecule has 0 atom stereocenters. The lowest BCUT2D eigenvalue weighted by Gasteiger charge is -2.15. The van der Waals surface area contributed by atoms with E-state index in [-0.39, 0.29) is 0 Å². The Hall–Kier alpha value is -2.27. The van der Waals surface area contributed by atoms with E-state index in [0.29, 0.717) is 6.42 Å². The Kier molecular flexibility index (Phi) is 2.70. The molecule has 100 valence electrons. The van der Waals surface area contributed by atoms with Gasteiger partial charge in [0, 0.05) is 37.0 Å². The first-order valence-electron chi connectivity index (χ1n) is 6.86. The predicted molar refractivity (Wildman–Crippen MR) is 76.3 cm³/mol. The lowest BCUT2D eigenvalue weighted by molar-refractivity contribution is 0.620. The molecule has 5 heteroatoms. The van der Waals surface area contributed by atoms with Crippen LogP contribution in [-0.2, 0) is 19.4 Å². The number of imidazole rings is 1. The van der Waals surface area contributed by atoms with Gasteiger partial charge in [-0.2, -0.15) is 0 Å². The first kappa shape index (κ1) is 11.5. The Morgan fingerprint density at radius 3 is 3.05 bits per heavy atom. The quantitative estimate of drug-likeness (QED) is 0.738. The average molecular weight is 265 g/mol. The molecular weight excluding hydrogens is 250 g/mol. The summed E-state index contributed by atoms with van der Waals surface area (Å²) in [5, 5.41) is 3.33. The molecule has 1 aliphatic rings. The van der Waals surface area contributed by atoms with E-state index in [4.69, 9.17) is 0 Å². The third-order valence-corrected chi connectivity index (χ3v) is 3.62. The molecule has 2 aromatic heterocycles. The molecule has 0 unspecified atom stereocenters. The molecule has 0 spiro atoms. The van der Waals surface area contributed by atoms with Crippen LogP contribution < -0.4 is 5.32 Å². The summed E-state index contributed by atoms with van der Waals surface area (Å²) in [6.07, 6.45) is 3.56. The fraction of sp³-hybridized carbons (Fsp3) is 0.267. The summed E-state index contributed by atoms with van der Waals surface area (Å²) >= 11 is 0. The molecule has 3 aromatic rings. The van der Waals surface area contributed by atoms with Gasteiger partial charge in [0.25, 0.3) is 0 Å². The van der Waals surface area contributed by atoms with Crippen molar-refractivity contribution in [3.05, 3.63) is 53.4 Å². The van der Waals surface area contributed by atoms with E-state index < -0.39 is 0 Å². The van der Waals surface area contributed by atoms with E-state index in [1.54, 1.807) is 0 Å². The van der Waals surface area contributed by atoms with Crippen LogP contribution in [-0.4, -0.2) is 26.5 Å². The highest BCUT2D eigenvalue weighted by atomic mass is 15.0. The van der Waals surface area contributed by atoms with Gasteiger partial charge in [0.05, 0.1) is 17.5 Å². The van der Waals surface area contributed by atoms with Crippen LogP contribution in [0.4, 0.5) is 0 Å². The van der Waals surface area contributed by atoms with Gasteiger partial charge in [-0.1, -0.05) is 12.1 Å². The van der Waals surface area contributed by atoms with E-state index in [1.807, 2.05) is 30.5 Å². The van der Waals surface area contributed by atoms with Crippen LogP contribution in [0, 0.1) is 0 Å². The van der Waals surface area contributed by atoms with Gasteiger partial charge in [0.2, 0.25) is 0 Å². The number of nitrogens with one attached hydrogen (secondary N) is 2. The highest BCUT2D eigenvalue weighted by molar-refractivity contribution is 5.74. The summed E-state index contributed by atoms with van der Waals surface area (Å²) < 4.78 is 0. The molecule has 0 amide bonds. The van der Waals surface area contributed by atoms with Crippen molar-refractivity contribution in [1.29, 1.82) is 0 Å². The summed E-state index contributed by atoms with van der Waals surface area (Å²) in [5.74, 6) is 1.75. The van der Waals surface area contributed by atoms with Crippen molar-refractivity contribution >= 4 is 11.0 Å². The second-order valence-electron chi connectivity index (χ2n) is 5.06. The van der Waals surface area contributed by atoms with Crippen LogP contribution in [0.5, 0.6) is 0 Å². The van der Waals surface area contributed by atoms with Gasteiger partial charge in [-0.25, -0.2) is 15.0 Å². The summed E-state index contributed by atoms with van der Waals surface area (Å²) in [7, 11) is 0. The molecular formula is C15H15N5. The van der Waals surface area contributed by atoms with Crippen LogP contribution in [0.2, 0.25) is 0 Å². The molecule has 0 bridgehead atoms. The minimum atomic E-state index is 0.648. The van der Waals surface area contributed by atoms with E-state index >= 15 is 0 Å². The number of aromatic nitrogens is 4. The number of rotatable bonds is 2. The lowest BCUT2D eigenvalue weighted by Crippen LogP contribution is -2.25. The van der Waals surface area contributed by atoms with E-state index in [2.05, 4.69) is 25.3 Å². The Morgan fingerprint density at radius 2 is 2.10 bits per heavy atom. The maximum atomic E-state index is 4.67. The molecule has 1 aliphatic heterocycles. The van der Waals surface area contributed by atoms with E-state index in [9.17, 15) is 0 Å². The third-order valence-electron chi connectivity index (χ3n) is 3.62. The van der Waals surface area contributed by atoms with Gasteiger partial charge in [-0.3, -0.25) is 0 Å². The monoisotopic (exact) mass is 265 g/mol. The van der Waals surface area contributed by atoms with Crippen LogP contribution >= 0.6 is 0 Å². The van der Waals surface area contributed by atoms with E-state index in [0.717, 1.165) is 42.2 Å². The van der Waals surface area contributed by atoms with Crippen LogP contribution in [0.1, 0.15) is 22.9 Å². The summed E-state index contributed by atoms with van der Waals surface area (Å²) in [6, 6.07) is 8.04. The first-order chi connectivity index (χ1) is 9.88. The minimum Gasteiger partial charge on any atom is -0.342 e. The number of para-hydroxylation sites is 2. The van der Waals surface area contributed by atoms with Crippen LogP contribution in [0.25, 0.3) is 11.0 Å². The van der Waals surface area contributed by atoms with E-state index in [1.165, 1.54) is 11.3 Å². The standard InChI is InChI=1S/C15H15N5/c1-2-4-13-12(3-1)19-15(20-13)7-14-17-9-10-8-16-6-5-11(10)18-14/h1-4,9,16H,5-8H2,(H,19,20). The zero-order valence-electron chi connectivity index (χ0n) is 11.1. The fourth-order valence-electron chi connectivity index (χ4n) is 2.60. The molecule has 4 rings (SSSR count). The molecule has 0 saturated carbocycles. The average Bonchev–Trinajstić information content (AvgIpc) is 2.89. The van der Waals surface area contributed by atoms with Crippen molar-refractivity contribution in [3.8, 4) is 0 Å². The summed E-state index contributed by atoms with van der Waals surface area (Å²) in [5.41, 5.74) is 4.43. The van der Waals surface area contributed by atoms with Crippen molar-refractivity contribution in [3.63, 3.8) is 0 Å². The largest absolute Gasteiger partial charge is 0.342 e. The highest BCUT2D eigenvalue weighted by Crippen LogP contribution is 2.14. The lowest BCUT2D eigenvalue weighted by atomic mass is 10.1. The number of hydrogen-bond acceptors (Lipinski definition) is 4. The van der Waals surface area contributed by atoms with Crippen LogP contribution in [0.15, 0.2) is 30.5 Å². The molecule has 0 radical (unpaired) electrons. The second kappa shape index (κ2) is 4.68. The number of benzene rings is 1. The first-order valence-corrected chi connectivity index (χ1v) is 6.86. The van der Waals surface area contributed by atoms with Crippen LogP contribution in [0.3, 0.4) is 0 Å². The smallest absolute Gasteiger partial charge is 0.136 e. The van der Waals surface area contributed by atoms with Gasteiger partial charge in [-0.05, 0) is 12.1 Å². The number of hydrogen-bond donors (Lipinski definition) is 2. The van der Waals surface area contributed by atoms with Crippen molar-refractivity contribution < 1.29 is 0 Å². The van der Waals surface area contributed by atoms with Gasteiger partial charge >= 0.3 is 0 Å². The molecule has 20 heavy (non-hydrogen) atoms. The molecule has 1 aromatic carbocycles. The van der Waals surface area contributed by atoms with Crippen molar-refractivity contribution in [2.45, 2.75) is 19.4 Å². The number of H-pyrrole nitrogens is 1. The molecule has 2 N–H and O–H groups in total. The SMILES string of the molecule is c1ccc2[nH]c(Cc3ncc4c(n3)CCNC4)nc2c1. The molecule has 0 saturated heterocycles. The minimum absolute atomic E-state index is 0.648. The molecule has 0 fully saturated rings.